The van der Waals surface area contributed by atoms with Crippen molar-refractivity contribution in [2.75, 3.05) is 6.54 Å². The van der Waals surface area contributed by atoms with Gasteiger partial charge < -0.3 is 9.84 Å². The van der Waals surface area contributed by atoms with Gasteiger partial charge in [-0.25, -0.2) is 0 Å². The van der Waals surface area contributed by atoms with Gasteiger partial charge in [0, 0.05) is 6.54 Å². The first kappa shape index (κ1) is 14.0. The van der Waals surface area contributed by atoms with E-state index >= 15 is 0 Å². The third-order valence-corrected chi connectivity index (χ3v) is 3.61. The van der Waals surface area contributed by atoms with Gasteiger partial charge in [-0.3, -0.25) is 10.1 Å². The summed E-state index contributed by atoms with van der Waals surface area (Å²) in [6, 6.07) is 7.73. The van der Waals surface area contributed by atoms with E-state index in [9.17, 15) is 4.79 Å². The molecular weight excluding hydrogens is 242 g/mol. The molecule has 1 fully saturated rings. The molecule has 0 aliphatic carbocycles. The maximum atomic E-state index is 11.0. The Balaban J connectivity index is 2.06. The normalized spacial score (nSPS) is 27.5. The predicted molar refractivity (Wildman–Crippen MR) is 73.2 cm³/mol. The van der Waals surface area contributed by atoms with E-state index in [-0.39, 0.29) is 12.2 Å². The van der Waals surface area contributed by atoms with Gasteiger partial charge in [-0.2, -0.15) is 0 Å². The van der Waals surface area contributed by atoms with Crippen molar-refractivity contribution in [3.63, 3.8) is 0 Å². The second kappa shape index (κ2) is 5.72. The van der Waals surface area contributed by atoms with Crippen LogP contribution in [0.15, 0.2) is 24.3 Å². The largest absolute Gasteiger partial charge is 0.480 e. The van der Waals surface area contributed by atoms with Crippen LogP contribution < -0.4 is 5.32 Å². The van der Waals surface area contributed by atoms with E-state index in [1.807, 2.05) is 0 Å². The number of aliphatic carboxylic acids is 1. The van der Waals surface area contributed by atoms with Crippen molar-refractivity contribution < 1.29 is 14.6 Å². The number of hydrogen-bond acceptors (Lipinski definition) is 3. The molecule has 1 aliphatic rings. The molecule has 4 nitrogen and oxygen atoms in total. The third kappa shape index (κ3) is 3.14. The Morgan fingerprint density at radius 1 is 1.37 bits per heavy atom. The fourth-order valence-corrected chi connectivity index (χ4v) is 2.37. The lowest BCUT2D eigenvalue weighted by Gasteiger charge is -2.33. The van der Waals surface area contributed by atoms with Crippen molar-refractivity contribution in [1.29, 1.82) is 0 Å². The lowest BCUT2D eigenvalue weighted by Crippen LogP contribution is -2.52. The van der Waals surface area contributed by atoms with Crippen molar-refractivity contribution >= 4 is 5.97 Å². The van der Waals surface area contributed by atoms with Crippen LogP contribution in [0.3, 0.4) is 0 Å². The molecule has 0 spiro atoms. The summed E-state index contributed by atoms with van der Waals surface area (Å²) >= 11 is 0. The van der Waals surface area contributed by atoms with Crippen LogP contribution in [0, 0.1) is 0 Å². The highest BCUT2D eigenvalue weighted by Crippen LogP contribution is 2.25. The molecule has 0 aromatic heterocycles. The minimum absolute atomic E-state index is 0.0770. The molecule has 1 aromatic carbocycles. The molecule has 104 valence electrons. The van der Waals surface area contributed by atoms with Crippen molar-refractivity contribution in [1.82, 2.24) is 5.32 Å². The maximum Gasteiger partial charge on any atom is 0.323 e. The molecule has 1 heterocycles. The van der Waals surface area contributed by atoms with E-state index in [1.165, 1.54) is 5.56 Å². The van der Waals surface area contributed by atoms with Gasteiger partial charge in [0.15, 0.2) is 0 Å². The molecule has 0 amide bonds. The first-order valence-electron chi connectivity index (χ1n) is 6.70. The number of carboxylic acids is 1. The highest BCUT2D eigenvalue weighted by atomic mass is 16.5. The summed E-state index contributed by atoms with van der Waals surface area (Å²) in [5.41, 5.74) is 2.39. The fraction of sp³-hybridized carbons (Fsp3) is 0.533. The van der Waals surface area contributed by atoms with Crippen LogP contribution in [0.1, 0.15) is 43.9 Å². The number of benzene rings is 1. The minimum Gasteiger partial charge on any atom is -0.480 e. The first-order chi connectivity index (χ1) is 8.99. The van der Waals surface area contributed by atoms with Crippen LogP contribution in [-0.4, -0.2) is 29.8 Å². The SMILES string of the molecule is CC(C)c1ccc(C2CNC(C(=O)O)C(C)O2)cc1. The summed E-state index contributed by atoms with van der Waals surface area (Å²) in [5, 5.41) is 12.1. The molecule has 0 saturated carbocycles. The Morgan fingerprint density at radius 3 is 2.47 bits per heavy atom. The van der Waals surface area contributed by atoms with E-state index < -0.39 is 12.0 Å². The van der Waals surface area contributed by atoms with Crippen LogP contribution >= 0.6 is 0 Å². The summed E-state index contributed by atoms with van der Waals surface area (Å²) in [6.45, 7) is 6.64. The number of ether oxygens (including phenoxy) is 1. The third-order valence-electron chi connectivity index (χ3n) is 3.61. The van der Waals surface area contributed by atoms with Gasteiger partial charge in [0.2, 0.25) is 0 Å². The molecule has 1 saturated heterocycles. The van der Waals surface area contributed by atoms with Gasteiger partial charge in [0.05, 0.1) is 12.2 Å². The molecular formula is C15H21NO3. The van der Waals surface area contributed by atoms with Gasteiger partial charge in [0.25, 0.3) is 0 Å². The van der Waals surface area contributed by atoms with Crippen molar-refractivity contribution in [2.24, 2.45) is 0 Å². The van der Waals surface area contributed by atoms with E-state index in [4.69, 9.17) is 9.84 Å². The quantitative estimate of drug-likeness (QED) is 0.878. The number of hydrogen-bond donors (Lipinski definition) is 2. The van der Waals surface area contributed by atoms with Crippen molar-refractivity contribution in [3.8, 4) is 0 Å². The molecule has 0 bridgehead atoms. The van der Waals surface area contributed by atoms with Crippen LogP contribution in [0.2, 0.25) is 0 Å². The molecule has 2 N–H and O–H groups in total. The Hall–Kier alpha value is -1.39. The molecule has 1 aromatic rings. The lowest BCUT2D eigenvalue weighted by molar-refractivity contribution is -0.149. The highest BCUT2D eigenvalue weighted by molar-refractivity contribution is 5.74. The smallest absolute Gasteiger partial charge is 0.323 e. The number of carboxylic acid groups (broad SMARTS) is 1. The van der Waals surface area contributed by atoms with Gasteiger partial charge in [0.1, 0.15) is 6.04 Å². The number of nitrogens with one attached hydrogen (secondary N) is 1. The fourth-order valence-electron chi connectivity index (χ4n) is 2.37. The van der Waals surface area contributed by atoms with Gasteiger partial charge >= 0.3 is 5.97 Å². The van der Waals surface area contributed by atoms with Gasteiger partial charge in [-0.05, 0) is 24.0 Å². The lowest BCUT2D eigenvalue weighted by atomic mass is 9.98. The predicted octanol–water partition coefficient (Wildman–Crippen LogP) is 2.31. The molecule has 2 rings (SSSR count). The summed E-state index contributed by atoms with van der Waals surface area (Å²) in [5.74, 6) is -0.351. The van der Waals surface area contributed by atoms with Gasteiger partial charge in [-0.1, -0.05) is 38.1 Å². The molecule has 4 heteroatoms. The number of rotatable bonds is 3. The summed E-state index contributed by atoms with van der Waals surface area (Å²) in [6.07, 6.45) is -0.409. The van der Waals surface area contributed by atoms with E-state index in [1.54, 1.807) is 6.92 Å². The van der Waals surface area contributed by atoms with Crippen LogP contribution in [-0.2, 0) is 9.53 Å². The average molecular weight is 263 g/mol. The number of carbonyl (C=O) groups is 1. The highest BCUT2D eigenvalue weighted by Gasteiger charge is 2.33. The van der Waals surface area contributed by atoms with E-state index in [0.717, 1.165) is 5.56 Å². The van der Waals surface area contributed by atoms with Crippen LogP contribution in [0.4, 0.5) is 0 Å². The Bertz CT molecular complexity index is 441. The zero-order chi connectivity index (χ0) is 14.0. The molecule has 19 heavy (non-hydrogen) atoms. The monoisotopic (exact) mass is 263 g/mol. The Morgan fingerprint density at radius 2 is 2.00 bits per heavy atom. The Kier molecular flexibility index (Phi) is 4.22. The van der Waals surface area contributed by atoms with Crippen molar-refractivity contribution in [2.45, 2.75) is 44.9 Å². The topological polar surface area (TPSA) is 58.6 Å². The standard InChI is InChI=1S/C15H21NO3/c1-9(2)11-4-6-12(7-5-11)13-8-16-14(15(17)18)10(3)19-13/h4-7,9-10,13-14,16H,8H2,1-3H3,(H,17,18). The van der Waals surface area contributed by atoms with Gasteiger partial charge in [-0.15, -0.1) is 0 Å². The van der Waals surface area contributed by atoms with E-state index in [0.29, 0.717) is 12.5 Å². The zero-order valence-electron chi connectivity index (χ0n) is 11.6. The number of morpholine rings is 1. The summed E-state index contributed by atoms with van der Waals surface area (Å²) in [7, 11) is 0. The summed E-state index contributed by atoms with van der Waals surface area (Å²) in [4.78, 5) is 11.0. The van der Waals surface area contributed by atoms with Crippen molar-refractivity contribution in [3.05, 3.63) is 35.4 Å². The molecule has 1 aliphatic heterocycles. The second-order valence-electron chi connectivity index (χ2n) is 5.38. The van der Waals surface area contributed by atoms with Crippen LogP contribution in [0.25, 0.3) is 0 Å². The molecule has 3 atom stereocenters. The van der Waals surface area contributed by atoms with Crippen LogP contribution in [0.5, 0.6) is 0 Å². The Labute approximate surface area is 113 Å². The molecule has 0 radical (unpaired) electrons. The maximum absolute atomic E-state index is 11.0. The first-order valence-corrected chi connectivity index (χ1v) is 6.70. The summed E-state index contributed by atoms with van der Waals surface area (Å²) < 4.78 is 5.80. The molecule has 3 unspecified atom stereocenters. The minimum atomic E-state index is -0.860. The van der Waals surface area contributed by atoms with E-state index in [2.05, 4.69) is 43.4 Å². The average Bonchev–Trinajstić information content (AvgIpc) is 2.38. The zero-order valence-corrected chi connectivity index (χ0v) is 11.6. The second-order valence-corrected chi connectivity index (χ2v) is 5.38.